The third kappa shape index (κ3) is 2.98. The van der Waals surface area contributed by atoms with Gasteiger partial charge in [-0.05, 0) is 47.4 Å². The van der Waals surface area contributed by atoms with E-state index in [2.05, 4.69) is 21.2 Å². The minimum absolute atomic E-state index is 0.0378. The Hall–Kier alpha value is -0.530. The van der Waals surface area contributed by atoms with E-state index in [1.807, 2.05) is 0 Å². The molecule has 1 aromatic rings. The highest BCUT2D eigenvalue weighted by Crippen LogP contribution is 2.35. The number of rotatable bonds is 3. The summed E-state index contributed by atoms with van der Waals surface area (Å²) < 4.78 is 51.1. The fraction of sp³-hybridized carbons (Fsp3) is 0.500. The van der Waals surface area contributed by atoms with Crippen molar-refractivity contribution in [3.8, 4) is 0 Å². The Kier molecular flexibility index (Phi) is 4.27. The van der Waals surface area contributed by atoms with Crippen molar-refractivity contribution < 1.29 is 17.2 Å². The van der Waals surface area contributed by atoms with Gasteiger partial charge in [0.2, 0.25) is 0 Å². The molecule has 1 aromatic carbocycles. The van der Waals surface area contributed by atoms with Crippen molar-refractivity contribution in [2.75, 3.05) is 18.6 Å². The molecule has 0 aromatic heterocycles. The van der Waals surface area contributed by atoms with Crippen LogP contribution in [0, 0.1) is 17.6 Å². The highest BCUT2D eigenvalue weighted by Gasteiger charge is 2.36. The molecule has 7 heteroatoms. The van der Waals surface area contributed by atoms with Gasteiger partial charge in [0.1, 0.15) is 11.6 Å². The quantitative estimate of drug-likeness (QED) is 0.849. The lowest BCUT2D eigenvalue weighted by molar-refractivity contribution is 0.385. The van der Waals surface area contributed by atoms with Crippen LogP contribution < -0.4 is 5.32 Å². The lowest BCUT2D eigenvalue weighted by atomic mass is 9.92. The zero-order valence-corrected chi connectivity index (χ0v) is 12.7. The molecule has 2 unspecified atom stereocenters. The van der Waals surface area contributed by atoms with E-state index in [4.69, 9.17) is 0 Å². The lowest BCUT2D eigenvalue weighted by Gasteiger charge is -2.23. The molecule has 1 saturated heterocycles. The second-order valence-corrected chi connectivity index (χ2v) is 7.77. The van der Waals surface area contributed by atoms with Gasteiger partial charge in [-0.1, -0.05) is 0 Å². The van der Waals surface area contributed by atoms with Gasteiger partial charge in [-0.15, -0.1) is 0 Å². The van der Waals surface area contributed by atoms with Gasteiger partial charge in [-0.3, -0.25) is 0 Å². The van der Waals surface area contributed by atoms with Crippen molar-refractivity contribution >= 4 is 25.8 Å². The first-order chi connectivity index (χ1) is 8.85. The Morgan fingerprint density at radius 2 is 2.11 bits per heavy atom. The maximum Gasteiger partial charge on any atom is 0.150 e. The van der Waals surface area contributed by atoms with E-state index < -0.39 is 27.5 Å². The molecule has 106 valence electrons. The van der Waals surface area contributed by atoms with Crippen LogP contribution in [-0.2, 0) is 9.84 Å². The smallest absolute Gasteiger partial charge is 0.150 e. The first-order valence-corrected chi connectivity index (χ1v) is 8.48. The molecule has 19 heavy (non-hydrogen) atoms. The summed E-state index contributed by atoms with van der Waals surface area (Å²) in [6.45, 7) is 0. The Morgan fingerprint density at radius 3 is 2.63 bits per heavy atom. The van der Waals surface area contributed by atoms with Crippen LogP contribution in [-0.4, -0.2) is 27.0 Å². The molecule has 3 nitrogen and oxygen atoms in total. The highest BCUT2D eigenvalue weighted by molar-refractivity contribution is 9.10. The number of nitrogens with one attached hydrogen (secondary N) is 1. The number of hydrogen-bond acceptors (Lipinski definition) is 3. The van der Waals surface area contributed by atoms with Crippen molar-refractivity contribution in [1.82, 2.24) is 5.32 Å². The first-order valence-electron chi connectivity index (χ1n) is 5.87. The molecule has 2 atom stereocenters. The molecule has 2 rings (SSSR count). The van der Waals surface area contributed by atoms with Gasteiger partial charge in [0, 0.05) is 11.6 Å². The summed E-state index contributed by atoms with van der Waals surface area (Å²) in [5.41, 5.74) is -0.0982. The standard InChI is InChI=1S/C12H14BrF2NO2S/c1-16-12(7-4-5-19(17,18)6-7)10-9(14)3-2-8(13)11(10)15/h2-3,7,12,16H,4-6H2,1H3. The van der Waals surface area contributed by atoms with E-state index >= 15 is 0 Å². The Labute approximate surface area is 119 Å². The molecule has 1 aliphatic heterocycles. The summed E-state index contributed by atoms with van der Waals surface area (Å²) in [7, 11) is -1.51. The van der Waals surface area contributed by atoms with Crippen LogP contribution in [0.2, 0.25) is 0 Å². The summed E-state index contributed by atoms with van der Waals surface area (Å²) in [5, 5.41) is 2.84. The number of halogens is 3. The van der Waals surface area contributed by atoms with Crippen molar-refractivity contribution in [3.05, 3.63) is 33.8 Å². The summed E-state index contributed by atoms with van der Waals surface area (Å²) in [4.78, 5) is 0. The van der Waals surface area contributed by atoms with Gasteiger partial charge in [0.25, 0.3) is 0 Å². The lowest BCUT2D eigenvalue weighted by Crippen LogP contribution is -2.28. The fourth-order valence-corrected chi connectivity index (χ4v) is 4.72. The molecule has 1 heterocycles. The molecule has 0 aliphatic carbocycles. The molecule has 0 saturated carbocycles. The minimum atomic E-state index is -3.09. The summed E-state index contributed by atoms with van der Waals surface area (Å²) in [6.07, 6.45) is 0.416. The fourth-order valence-electron chi connectivity index (χ4n) is 2.53. The summed E-state index contributed by atoms with van der Waals surface area (Å²) in [5.74, 6) is -1.61. The third-order valence-electron chi connectivity index (χ3n) is 3.44. The van der Waals surface area contributed by atoms with Crippen LogP contribution in [0.4, 0.5) is 8.78 Å². The van der Waals surface area contributed by atoms with Crippen molar-refractivity contribution in [3.63, 3.8) is 0 Å². The van der Waals surface area contributed by atoms with Crippen LogP contribution in [0.5, 0.6) is 0 Å². The Balaban J connectivity index is 2.41. The van der Waals surface area contributed by atoms with Crippen LogP contribution >= 0.6 is 15.9 Å². The minimum Gasteiger partial charge on any atom is -0.313 e. The first kappa shape index (κ1) is 14.9. The topological polar surface area (TPSA) is 46.2 Å². The normalized spacial score (nSPS) is 23.5. The molecular formula is C12H14BrF2NO2S. The van der Waals surface area contributed by atoms with Crippen LogP contribution in [0.25, 0.3) is 0 Å². The molecule has 0 bridgehead atoms. The second kappa shape index (κ2) is 5.46. The van der Waals surface area contributed by atoms with Gasteiger partial charge >= 0.3 is 0 Å². The molecule has 1 aliphatic rings. The summed E-state index contributed by atoms with van der Waals surface area (Å²) >= 11 is 3.02. The molecule has 1 N–H and O–H groups in total. The maximum atomic E-state index is 14.1. The molecule has 1 fully saturated rings. The van der Waals surface area contributed by atoms with E-state index in [0.29, 0.717) is 6.42 Å². The van der Waals surface area contributed by atoms with Gasteiger partial charge < -0.3 is 5.32 Å². The Morgan fingerprint density at radius 1 is 1.42 bits per heavy atom. The highest BCUT2D eigenvalue weighted by atomic mass is 79.9. The largest absolute Gasteiger partial charge is 0.313 e. The number of benzene rings is 1. The number of sulfone groups is 1. The molecule has 0 spiro atoms. The second-order valence-electron chi connectivity index (χ2n) is 4.69. The predicted molar refractivity (Wildman–Crippen MR) is 72.6 cm³/mol. The average molecular weight is 354 g/mol. The van der Waals surface area contributed by atoms with Crippen LogP contribution in [0.1, 0.15) is 18.0 Å². The van der Waals surface area contributed by atoms with Crippen LogP contribution in [0.15, 0.2) is 16.6 Å². The SMILES string of the molecule is CNC(c1c(F)ccc(Br)c1F)C1CCS(=O)(=O)C1. The van der Waals surface area contributed by atoms with Gasteiger partial charge in [-0.2, -0.15) is 0 Å². The van der Waals surface area contributed by atoms with Gasteiger partial charge in [-0.25, -0.2) is 17.2 Å². The number of hydrogen-bond donors (Lipinski definition) is 1. The zero-order chi connectivity index (χ0) is 14.2. The van der Waals surface area contributed by atoms with Crippen molar-refractivity contribution in [1.29, 1.82) is 0 Å². The monoisotopic (exact) mass is 353 g/mol. The summed E-state index contributed by atoms with van der Waals surface area (Å²) in [6, 6.07) is 1.83. The van der Waals surface area contributed by atoms with Gasteiger partial charge in [0.05, 0.1) is 16.0 Å². The van der Waals surface area contributed by atoms with E-state index in [9.17, 15) is 17.2 Å². The molecule has 0 amide bonds. The van der Waals surface area contributed by atoms with Crippen LogP contribution in [0.3, 0.4) is 0 Å². The maximum absolute atomic E-state index is 14.1. The van der Waals surface area contributed by atoms with Crippen molar-refractivity contribution in [2.45, 2.75) is 12.5 Å². The molecule has 0 radical (unpaired) electrons. The van der Waals surface area contributed by atoms with E-state index in [-0.39, 0.29) is 27.5 Å². The Bertz CT molecular complexity index is 592. The van der Waals surface area contributed by atoms with E-state index in [1.165, 1.54) is 12.1 Å². The molecular weight excluding hydrogens is 340 g/mol. The van der Waals surface area contributed by atoms with Gasteiger partial charge in [0.15, 0.2) is 9.84 Å². The van der Waals surface area contributed by atoms with Crippen molar-refractivity contribution in [2.24, 2.45) is 5.92 Å². The zero-order valence-electron chi connectivity index (χ0n) is 10.3. The van der Waals surface area contributed by atoms with E-state index in [0.717, 1.165) is 0 Å². The van der Waals surface area contributed by atoms with E-state index in [1.54, 1.807) is 7.05 Å². The predicted octanol–water partition coefficient (Wildman–Crippen LogP) is 2.42. The third-order valence-corrected chi connectivity index (χ3v) is 5.85. The average Bonchev–Trinajstić information content (AvgIpc) is 2.70.